The van der Waals surface area contributed by atoms with E-state index < -0.39 is 107 Å². The fourth-order valence-electron chi connectivity index (χ4n) is 2.80. The first kappa shape index (κ1) is 51.8. The minimum atomic E-state index is -9.59. The number of ether oxygens (including phenoxy) is 1. The molecule has 0 rings (SSSR count). The lowest BCUT2D eigenvalue weighted by atomic mass is 9.88. The molecule has 0 bridgehead atoms. The molecule has 0 aromatic heterocycles. The largest absolute Gasteiger partial charge is 0.460 e. The molecule has 0 spiro atoms. The molecule has 0 aromatic rings. The van der Waals surface area contributed by atoms with Crippen molar-refractivity contribution in [1.29, 1.82) is 0 Å². The lowest BCUT2D eigenvalue weighted by molar-refractivity contribution is -0.460. The van der Waals surface area contributed by atoms with Crippen LogP contribution in [0.2, 0.25) is 0 Å². The highest BCUT2D eigenvalue weighted by Crippen LogP contribution is 2.66. The molecule has 0 amide bonds. The molecule has 0 radical (unpaired) electrons. The lowest BCUT2D eigenvalue weighted by Gasteiger charge is -2.42. The number of carbonyl (C=O) groups is 2. The van der Waals surface area contributed by atoms with Gasteiger partial charge in [-0.05, 0) is 0 Å². The molecule has 0 saturated carbocycles. The minimum absolute atomic E-state index is 1.37. The monoisotopic (exact) mass is 910 g/mol. The zero-order valence-electron chi connectivity index (χ0n) is 23.1. The van der Waals surface area contributed by atoms with E-state index in [1.54, 1.807) is 0 Å². The number of hydrogen-bond donors (Lipinski definition) is 0. The van der Waals surface area contributed by atoms with Gasteiger partial charge in [-0.2, -0.15) is 149 Å². The fourth-order valence-corrected chi connectivity index (χ4v) is 2.80. The van der Waals surface area contributed by atoms with Crippen molar-refractivity contribution in [1.82, 2.24) is 0 Å². The van der Waals surface area contributed by atoms with Crippen molar-refractivity contribution in [2.45, 2.75) is 95.3 Å². The molecule has 0 aliphatic heterocycles. The van der Waals surface area contributed by atoms with Gasteiger partial charge < -0.3 is 4.74 Å². The van der Waals surface area contributed by atoms with Crippen molar-refractivity contribution in [3.05, 3.63) is 0 Å². The molecule has 0 N–H and O–H groups in total. The van der Waals surface area contributed by atoms with Crippen molar-refractivity contribution in [2.24, 2.45) is 0 Å². The topological polar surface area (TPSA) is 43.4 Å². The average Bonchev–Trinajstić information content (AvgIpc) is 2.94. The molecule has 37 heteroatoms. The number of alkyl halides is 34. The number of carbonyl (C=O) groups excluding carboxylic acids is 2. The summed E-state index contributed by atoms with van der Waals surface area (Å²) in [5, 5.41) is 0. The van der Waals surface area contributed by atoms with E-state index in [1.165, 1.54) is 4.74 Å². The van der Waals surface area contributed by atoms with Gasteiger partial charge in [-0.1, -0.05) is 0 Å². The first-order valence-corrected chi connectivity index (χ1v) is 11.2. The number of hydrogen-bond acceptors (Lipinski definition) is 3. The van der Waals surface area contributed by atoms with E-state index in [4.69, 9.17) is 0 Å². The van der Waals surface area contributed by atoms with Crippen molar-refractivity contribution < 1.29 is 164 Å². The lowest BCUT2D eigenvalue weighted by Crippen LogP contribution is -2.75. The van der Waals surface area contributed by atoms with E-state index in [-0.39, 0.29) is 0 Å². The number of esters is 2. The average molecular weight is 910 g/mol. The maximum atomic E-state index is 13.7. The second-order valence-electron chi connectivity index (χ2n) is 9.71. The van der Waals surface area contributed by atoms with E-state index in [9.17, 15) is 159 Å². The zero-order valence-corrected chi connectivity index (χ0v) is 23.1. The first-order valence-electron chi connectivity index (χ1n) is 11.2. The second-order valence-corrected chi connectivity index (χ2v) is 9.71. The standard InChI is InChI=1S/C18F34O3/c19-3(20,5(23,24)7(27,28)9(31,32)11(35,36)13(39,40)15(43,44)17(47,48)49)1(53)55-2(54)4(21,22)6(25,26)8(29,30)10(33,34)12(37,38)14(41,42)16(45,46)18(50,51)52. The molecule has 0 aliphatic rings. The van der Waals surface area contributed by atoms with E-state index >= 15 is 0 Å². The Morgan fingerprint density at radius 1 is 0.218 bits per heavy atom. The van der Waals surface area contributed by atoms with Crippen molar-refractivity contribution in [2.75, 3.05) is 0 Å². The highest BCUT2D eigenvalue weighted by molar-refractivity contribution is 5.93. The van der Waals surface area contributed by atoms with Crippen LogP contribution >= 0.6 is 0 Å². The quantitative estimate of drug-likeness (QED) is 0.0991. The third-order valence-electron chi connectivity index (χ3n) is 6.14. The maximum Gasteiger partial charge on any atom is 0.460 e. The van der Waals surface area contributed by atoms with Gasteiger partial charge in [-0.25, -0.2) is 9.59 Å². The van der Waals surface area contributed by atoms with E-state index in [2.05, 4.69) is 0 Å². The van der Waals surface area contributed by atoms with Gasteiger partial charge in [-0.3, -0.25) is 0 Å². The van der Waals surface area contributed by atoms with Crippen LogP contribution < -0.4 is 0 Å². The Balaban J connectivity index is 7.18. The van der Waals surface area contributed by atoms with Crippen LogP contribution in [0, 0.1) is 0 Å². The Bertz CT molecular complexity index is 1350. The molecule has 0 aliphatic carbocycles. The molecule has 3 nitrogen and oxygen atoms in total. The summed E-state index contributed by atoms with van der Waals surface area (Å²) in [6.45, 7) is 0. The first-order chi connectivity index (χ1) is 23.0. The van der Waals surface area contributed by atoms with Gasteiger partial charge in [0.25, 0.3) is 0 Å². The molecule has 55 heavy (non-hydrogen) atoms. The summed E-state index contributed by atoms with van der Waals surface area (Å²) in [6, 6.07) is 0. The van der Waals surface area contributed by atoms with E-state index in [0.717, 1.165) is 0 Å². The smallest absolute Gasteiger partial charge is 0.384 e. The Hall–Kier alpha value is -3.24. The molecule has 0 atom stereocenters. The fraction of sp³-hybridized carbons (Fsp3) is 0.889. The molecule has 0 unspecified atom stereocenters. The van der Waals surface area contributed by atoms with Crippen LogP contribution in [0.1, 0.15) is 0 Å². The SMILES string of the molecule is O=C(OC(=O)C(F)(F)C(F)(F)C(F)(F)C(F)(F)C(F)(F)C(F)(F)C(F)(F)C(F)(F)F)C(F)(F)C(F)(F)C(F)(F)C(F)(F)C(F)(F)C(F)(F)C(F)(F)C(F)(F)F. The van der Waals surface area contributed by atoms with Gasteiger partial charge >= 0.3 is 107 Å². The summed E-state index contributed by atoms with van der Waals surface area (Å²) >= 11 is 0. The van der Waals surface area contributed by atoms with E-state index in [0.29, 0.717) is 0 Å². The van der Waals surface area contributed by atoms with Crippen LogP contribution in [-0.4, -0.2) is 107 Å². The predicted molar refractivity (Wildman–Crippen MR) is 92.5 cm³/mol. The third kappa shape index (κ3) is 6.27. The Morgan fingerprint density at radius 2 is 0.345 bits per heavy atom. The highest BCUT2D eigenvalue weighted by atomic mass is 19.4. The molecule has 328 valence electrons. The van der Waals surface area contributed by atoms with Crippen LogP contribution in [-0.2, 0) is 14.3 Å². The summed E-state index contributed by atoms with van der Waals surface area (Å²) in [7, 11) is 0. The van der Waals surface area contributed by atoms with Gasteiger partial charge in [0.1, 0.15) is 0 Å². The van der Waals surface area contributed by atoms with Crippen molar-refractivity contribution in [3.63, 3.8) is 0 Å². The van der Waals surface area contributed by atoms with Gasteiger partial charge in [-0.15, -0.1) is 0 Å². The summed E-state index contributed by atoms with van der Waals surface area (Å²) in [5.41, 5.74) is 0. The van der Waals surface area contributed by atoms with Crippen LogP contribution in [0.5, 0.6) is 0 Å². The van der Waals surface area contributed by atoms with Gasteiger partial charge in [0, 0.05) is 0 Å². The molecular formula is C18F34O3. The number of halogens is 34. The summed E-state index contributed by atoms with van der Waals surface area (Å²) in [5.74, 6) is -141. The molecular weight excluding hydrogens is 910 g/mol. The zero-order chi connectivity index (χ0) is 45.9. The summed E-state index contributed by atoms with van der Waals surface area (Å²) in [4.78, 5) is 21.9. The predicted octanol–water partition coefficient (Wildman–Crippen LogP) is 10.1. The van der Waals surface area contributed by atoms with Gasteiger partial charge in [0.15, 0.2) is 0 Å². The Morgan fingerprint density at radius 3 is 0.491 bits per heavy atom. The van der Waals surface area contributed by atoms with E-state index in [1.807, 2.05) is 0 Å². The molecule has 0 saturated heterocycles. The maximum absolute atomic E-state index is 13.7. The Kier molecular flexibility index (Phi) is 11.9. The van der Waals surface area contributed by atoms with Crippen LogP contribution in [0.3, 0.4) is 0 Å². The second kappa shape index (κ2) is 12.6. The van der Waals surface area contributed by atoms with Crippen LogP contribution in [0.4, 0.5) is 149 Å². The Labute approximate surface area is 272 Å². The normalized spacial score (nSPS) is 16.7. The molecule has 0 fully saturated rings. The van der Waals surface area contributed by atoms with Crippen LogP contribution in [0.15, 0.2) is 0 Å². The number of rotatable bonds is 14. The molecule has 0 heterocycles. The molecule has 0 aromatic carbocycles. The summed E-state index contributed by atoms with van der Waals surface area (Å²) in [6.07, 6.45) is -16.6. The minimum Gasteiger partial charge on any atom is -0.384 e. The summed E-state index contributed by atoms with van der Waals surface area (Å²) < 4.78 is 449. The highest BCUT2D eigenvalue weighted by Gasteiger charge is 2.98. The third-order valence-corrected chi connectivity index (χ3v) is 6.14. The van der Waals surface area contributed by atoms with Crippen molar-refractivity contribution >= 4 is 11.9 Å². The van der Waals surface area contributed by atoms with Crippen molar-refractivity contribution in [3.8, 4) is 0 Å². The van der Waals surface area contributed by atoms with Gasteiger partial charge in [0.2, 0.25) is 0 Å². The van der Waals surface area contributed by atoms with Crippen LogP contribution in [0.25, 0.3) is 0 Å². The van der Waals surface area contributed by atoms with Gasteiger partial charge in [0.05, 0.1) is 0 Å².